The Morgan fingerprint density at radius 3 is 2.32 bits per heavy atom. The first kappa shape index (κ1) is 22.8. The van der Waals surface area contributed by atoms with Gasteiger partial charge in [-0.2, -0.15) is 0 Å². The zero-order valence-electron chi connectivity index (χ0n) is 18.9. The van der Waals surface area contributed by atoms with Crippen LogP contribution in [0.4, 0.5) is 5.69 Å². The summed E-state index contributed by atoms with van der Waals surface area (Å²) in [6.07, 6.45) is 1.27. The number of methoxy groups -OCH3 is 1. The fourth-order valence-electron chi connectivity index (χ4n) is 3.51. The van der Waals surface area contributed by atoms with E-state index in [4.69, 9.17) is 14.3 Å². The Labute approximate surface area is 195 Å². The van der Waals surface area contributed by atoms with E-state index < -0.39 is 11.5 Å². The Hall–Kier alpha value is -4.40. The van der Waals surface area contributed by atoms with Crippen LogP contribution in [0.25, 0.3) is 11.0 Å². The van der Waals surface area contributed by atoms with Gasteiger partial charge in [-0.05, 0) is 18.1 Å². The van der Waals surface area contributed by atoms with E-state index in [9.17, 15) is 9.59 Å². The van der Waals surface area contributed by atoms with Crippen molar-refractivity contribution >= 4 is 22.7 Å². The Morgan fingerprint density at radius 1 is 1.00 bits per heavy atom. The lowest BCUT2D eigenvalue weighted by atomic mass is 10.1. The second-order valence-corrected chi connectivity index (χ2v) is 7.25. The summed E-state index contributed by atoms with van der Waals surface area (Å²) in [5.74, 6) is -0.601. The van der Waals surface area contributed by atoms with Gasteiger partial charge in [0, 0.05) is 6.54 Å². The predicted octanol–water partition coefficient (Wildman–Crippen LogP) is 3.22. The Kier molecular flexibility index (Phi) is 7.02. The van der Waals surface area contributed by atoms with Crippen molar-refractivity contribution in [3.63, 3.8) is 0 Å². The molecule has 0 aliphatic heterocycles. The lowest BCUT2D eigenvalue weighted by Crippen LogP contribution is -2.34. The highest BCUT2D eigenvalue weighted by Crippen LogP contribution is 2.31. The minimum absolute atomic E-state index is 0.0845. The number of carbonyl (C=O) groups is 1. The molecular formula is C25H24N4O5. The molecule has 0 atom stereocenters. The van der Waals surface area contributed by atoms with Crippen LogP contribution in [0.15, 0.2) is 71.8 Å². The number of anilines is 1. The van der Waals surface area contributed by atoms with Gasteiger partial charge in [-0.15, -0.1) is 4.73 Å². The largest absolute Gasteiger partial charge is 0.480 e. The third-order valence-electron chi connectivity index (χ3n) is 5.07. The maximum Gasteiger partial charge on any atom is 0.346 e. The van der Waals surface area contributed by atoms with E-state index in [2.05, 4.69) is 15.3 Å². The first-order valence-electron chi connectivity index (χ1n) is 10.7. The van der Waals surface area contributed by atoms with Crippen LogP contribution in [0.2, 0.25) is 0 Å². The molecule has 2 aromatic carbocycles. The van der Waals surface area contributed by atoms with Gasteiger partial charge in [0.25, 0.3) is 0 Å². The van der Waals surface area contributed by atoms with E-state index >= 15 is 0 Å². The first-order valence-corrected chi connectivity index (χ1v) is 10.7. The molecule has 4 rings (SSSR count). The molecule has 174 valence electrons. The highest BCUT2D eigenvalue weighted by atomic mass is 16.7. The summed E-state index contributed by atoms with van der Waals surface area (Å²) in [5.41, 5.74) is 1.26. The summed E-state index contributed by atoms with van der Waals surface area (Å²) in [5, 5.41) is 3.53. The fraction of sp³-hybridized carbons (Fsp3) is 0.200. The van der Waals surface area contributed by atoms with Crippen LogP contribution in [0, 0.1) is 0 Å². The van der Waals surface area contributed by atoms with Gasteiger partial charge < -0.3 is 19.6 Å². The molecule has 2 heterocycles. The summed E-state index contributed by atoms with van der Waals surface area (Å²) in [7, 11) is 1.45. The average Bonchev–Trinajstić information content (AvgIpc) is 2.87. The number of esters is 1. The van der Waals surface area contributed by atoms with Crippen molar-refractivity contribution < 1.29 is 19.1 Å². The highest BCUT2D eigenvalue weighted by Gasteiger charge is 2.27. The normalized spacial score (nSPS) is 10.6. The van der Waals surface area contributed by atoms with Crippen molar-refractivity contribution in [1.82, 2.24) is 14.7 Å². The molecule has 2 aromatic heterocycles. The molecule has 0 spiro atoms. The number of ether oxygens (including phenoxy) is 2. The number of nitrogens with zero attached hydrogens (tertiary/aromatic N) is 3. The fourth-order valence-corrected chi connectivity index (χ4v) is 3.51. The predicted molar refractivity (Wildman–Crippen MR) is 127 cm³/mol. The van der Waals surface area contributed by atoms with E-state index in [1.165, 1.54) is 13.4 Å². The van der Waals surface area contributed by atoms with Crippen molar-refractivity contribution in [1.29, 1.82) is 0 Å². The van der Waals surface area contributed by atoms with Gasteiger partial charge in [0.15, 0.2) is 11.2 Å². The highest BCUT2D eigenvalue weighted by molar-refractivity contribution is 6.05. The molecule has 9 heteroatoms. The van der Waals surface area contributed by atoms with Gasteiger partial charge in [0.05, 0.1) is 19.4 Å². The maximum absolute atomic E-state index is 13.5. The monoisotopic (exact) mass is 460 g/mol. The van der Waals surface area contributed by atoms with E-state index in [0.717, 1.165) is 15.9 Å². The van der Waals surface area contributed by atoms with E-state index in [-0.39, 0.29) is 36.0 Å². The van der Waals surface area contributed by atoms with Crippen LogP contribution in [-0.4, -0.2) is 34.4 Å². The zero-order valence-corrected chi connectivity index (χ0v) is 18.9. The molecule has 34 heavy (non-hydrogen) atoms. The number of benzene rings is 2. The van der Waals surface area contributed by atoms with Crippen LogP contribution in [0.1, 0.15) is 28.4 Å². The summed E-state index contributed by atoms with van der Waals surface area (Å²) in [6, 6.07) is 18.9. The maximum atomic E-state index is 13.5. The minimum atomic E-state index is -0.784. The van der Waals surface area contributed by atoms with Crippen LogP contribution >= 0.6 is 0 Å². The summed E-state index contributed by atoms with van der Waals surface area (Å²) >= 11 is 0. The van der Waals surface area contributed by atoms with Crippen LogP contribution in [0.3, 0.4) is 0 Å². The lowest BCUT2D eigenvalue weighted by Gasteiger charge is -2.19. The molecule has 0 saturated heterocycles. The molecule has 0 fully saturated rings. The molecule has 1 N–H and O–H groups in total. The molecule has 0 aliphatic rings. The number of nitrogens with one attached hydrogen (secondary N) is 1. The van der Waals surface area contributed by atoms with Gasteiger partial charge in [-0.1, -0.05) is 60.7 Å². The standard InChI is InChI=1S/C25H24N4O5/c1-3-33-25(31)20-21(26-14-17-10-6-4-7-11-17)19-22(27-16-28-23(19)32-2)29(24(20)30)34-15-18-12-8-5-9-13-18/h4-13,16,26H,3,14-15H2,1-2H3. The number of pyridine rings is 1. The number of fused-ring (bicyclic) bond motifs is 1. The van der Waals surface area contributed by atoms with Gasteiger partial charge >= 0.3 is 11.5 Å². The SMILES string of the molecule is CCOC(=O)c1c(NCc2ccccc2)c2c(OC)ncnc2n(OCc2ccccc2)c1=O. The second-order valence-electron chi connectivity index (χ2n) is 7.25. The van der Waals surface area contributed by atoms with Gasteiger partial charge in [-0.25, -0.2) is 14.8 Å². The quantitative estimate of drug-likeness (QED) is 0.380. The van der Waals surface area contributed by atoms with E-state index in [1.54, 1.807) is 6.92 Å². The van der Waals surface area contributed by atoms with Crippen molar-refractivity contribution in [2.75, 3.05) is 19.0 Å². The summed E-state index contributed by atoms with van der Waals surface area (Å²) in [6.45, 7) is 2.20. The number of rotatable bonds is 9. The number of aromatic nitrogens is 3. The van der Waals surface area contributed by atoms with Crippen LogP contribution < -0.4 is 20.5 Å². The van der Waals surface area contributed by atoms with Gasteiger partial charge in [0.2, 0.25) is 5.88 Å². The number of hydrogen-bond acceptors (Lipinski definition) is 8. The Balaban J connectivity index is 1.89. The number of carbonyl (C=O) groups excluding carboxylic acids is 1. The molecule has 0 amide bonds. The zero-order chi connectivity index (χ0) is 23.9. The minimum Gasteiger partial charge on any atom is -0.480 e. The Bertz CT molecular complexity index is 1340. The van der Waals surface area contributed by atoms with Crippen molar-refractivity contribution in [3.05, 3.63) is 94.0 Å². The summed E-state index contributed by atoms with van der Waals surface area (Å²) in [4.78, 5) is 40.8. The molecule has 4 aromatic rings. The molecule has 0 radical (unpaired) electrons. The van der Waals surface area contributed by atoms with Gasteiger partial charge in [0.1, 0.15) is 18.3 Å². The molecule has 0 aliphatic carbocycles. The molecule has 9 nitrogen and oxygen atoms in total. The summed E-state index contributed by atoms with van der Waals surface area (Å²) < 4.78 is 11.7. The third kappa shape index (κ3) is 4.68. The van der Waals surface area contributed by atoms with Crippen molar-refractivity contribution in [2.24, 2.45) is 0 Å². The first-order chi connectivity index (χ1) is 16.6. The van der Waals surface area contributed by atoms with Crippen molar-refractivity contribution in [2.45, 2.75) is 20.1 Å². The van der Waals surface area contributed by atoms with Crippen molar-refractivity contribution in [3.8, 4) is 5.88 Å². The average molecular weight is 460 g/mol. The second kappa shape index (κ2) is 10.5. The molecular weight excluding hydrogens is 436 g/mol. The third-order valence-corrected chi connectivity index (χ3v) is 5.07. The van der Waals surface area contributed by atoms with Crippen LogP contribution in [0.5, 0.6) is 5.88 Å². The molecule has 0 bridgehead atoms. The lowest BCUT2D eigenvalue weighted by molar-refractivity contribution is 0.0513. The van der Waals surface area contributed by atoms with E-state index in [0.29, 0.717) is 11.9 Å². The Morgan fingerprint density at radius 2 is 1.68 bits per heavy atom. The van der Waals surface area contributed by atoms with Gasteiger partial charge in [-0.3, -0.25) is 4.79 Å². The van der Waals surface area contributed by atoms with Crippen LogP contribution in [-0.2, 0) is 17.9 Å². The number of hydrogen-bond donors (Lipinski definition) is 1. The van der Waals surface area contributed by atoms with E-state index in [1.807, 2.05) is 60.7 Å². The topological polar surface area (TPSA) is 105 Å². The smallest absolute Gasteiger partial charge is 0.346 e. The molecule has 0 unspecified atom stereocenters. The molecule has 0 saturated carbocycles.